The Hall–Kier alpha value is -0.240. The number of hydrogen-bond acceptors (Lipinski definition) is 1. The second-order valence-corrected chi connectivity index (χ2v) is 4.90. The number of likely N-dealkylation sites (tertiary alicyclic amines) is 1. The zero-order valence-corrected chi connectivity index (χ0v) is 10.6. The largest absolute Gasteiger partial charge is 0.343 e. The Morgan fingerprint density at radius 3 is 2.20 bits per heavy atom. The number of piperidine rings is 1. The molecule has 15 heavy (non-hydrogen) atoms. The lowest BCUT2D eigenvalue weighted by Crippen LogP contribution is -2.42. The van der Waals surface area contributed by atoms with Crippen molar-refractivity contribution in [1.82, 2.24) is 4.90 Å². The zero-order valence-electron chi connectivity index (χ0n) is 9.89. The Morgan fingerprint density at radius 2 is 1.80 bits per heavy atom. The standard InChI is InChI=1S/C12H22ClNO/c1-3-12(4-2)6-9-14(10-7-12)11(15)5-8-13/h3-10H2,1-2H3. The minimum Gasteiger partial charge on any atom is -0.343 e. The van der Waals surface area contributed by atoms with Crippen LogP contribution in [0, 0.1) is 5.41 Å². The van der Waals surface area contributed by atoms with Gasteiger partial charge in [0.1, 0.15) is 0 Å². The number of nitrogens with zero attached hydrogens (tertiary/aromatic N) is 1. The van der Waals surface area contributed by atoms with Gasteiger partial charge in [-0.05, 0) is 18.3 Å². The highest BCUT2D eigenvalue weighted by molar-refractivity contribution is 6.18. The topological polar surface area (TPSA) is 20.3 Å². The van der Waals surface area contributed by atoms with Crippen LogP contribution in [-0.4, -0.2) is 29.8 Å². The maximum absolute atomic E-state index is 11.6. The molecule has 1 fully saturated rings. The Kier molecular flexibility index (Phi) is 4.91. The molecule has 1 saturated heterocycles. The summed E-state index contributed by atoms with van der Waals surface area (Å²) in [5, 5.41) is 0. The van der Waals surface area contributed by atoms with E-state index < -0.39 is 0 Å². The van der Waals surface area contributed by atoms with Crippen LogP contribution in [0.4, 0.5) is 0 Å². The van der Waals surface area contributed by atoms with E-state index in [0.717, 1.165) is 25.9 Å². The van der Waals surface area contributed by atoms with Crippen LogP contribution < -0.4 is 0 Å². The predicted molar refractivity (Wildman–Crippen MR) is 64.2 cm³/mol. The summed E-state index contributed by atoms with van der Waals surface area (Å²) in [4.78, 5) is 13.6. The lowest BCUT2D eigenvalue weighted by atomic mass is 9.74. The Bertz CT molecular complexity index is 204. The quantitative estimate of drug-likeness (QED) is 0.681. The molecule has 0 spiro atoms. The van der Waals surface area contributed by atoms with E-state index in [-0.39, 0.29) is 5.91 Å². The van der Waals surface area contributed by atoms with Crippen LogP contribution in [-0.2, 0) is 4.79 Å². The number of carbonyl (C=O) groups excluding carboxylic acids is 1. The van der Waals surface area contributed by atoms with Crippen molar-refractivity contribution in [3.8, 4) is 0 Å². The summed E-state index contributed by atoms with van der Waals surface area (Å²) in [6.07, 6.45) is 5.29. The van der Waals surface area contributed by atoms with Gasteiger partial charge in [-0.25, -0.2) is 0 Å². The molecule has 1 rings (SSSR count). The molecule has 2 nitrogen and oxygen atoms in total. The molecule has 0 aliphatic carbocycles. The second kappa shape index (κ2) is 5.74. The van der Waals surface area contributed by atoms with Crippen molar-refractivity contribution in [2.24, 2.45) is 5.41 Å². The number of halogens is 1. The lowest BCUT2D eigenvalue weighted by molar-refractivity contribution is -0.133. The number of alkyl halides is 1. The fourth-order valence-corrected chi connectivity index (χ4v) is 2.59. The molecule has 1 aliphatic rings. The van der Waals surface area contributed by atoms with Gasteiger partial charge in [0.05, 0.1) is 0 Å². The Balaban J connectivity index is 2.44. The number of hydrogen-bond donors (Lipinski definition) is 0. The van der Waals surface area contributed by atoms with E-state index in [4.69, 9.17) is 11.6 Å². The Labute approximate surface area is 98.0 Å². The van der Waals surface area contributed by atoms with Gasteiger partial charge in [-0.1, -0.05) is 26.7 Å². The molecule has 0 atom stereocenters. The third-order valence-electron chi connectivity index (χ3n) is 3.99. The first-order valence-corrected chi connectivity index (χ1v) is 6.54. The molecule has 0 N–H and O–H groups in total. The maximum atomic E-state index is 11.6. The first-order valence-electron chi connectivity index (χ1n) is 6.01. The van der Waals surface area contributed by atoms with Gasteiger partial charge in [0.2, 0.25) is 5.91 Å². The molecule has 1 amide bonds. The molecule has 0 bridgehead atoms. The second-order valence-electron chi connectivity index (χ2n) is 4.53. The van der Waals surface area contributed by atoms with Crippen molar-refractivity contribution in [3.63, 3.8) is 0 Å². The lowest BCUT2D eigenvalue weighted by Gasteiger charge is -2.41. The van der Waals surface area contributed by atoms with Crippen molar-refractivity contribution >= 4 is 17.5 Å². The van der Waals surface area contributed by atoms with Gasteiger partial charge in [0.25, 0.3) is 0 Å². The zero-order chi connectivity index (χ0) is 11.3. The van der Waals surface area contributed by atoms with Crippen LogP contribution in [0.15, 0.2) is 0 Å². The van der Waals surface area contributed by atoms with Gasteiger partial charge < -0.3 is 4.90 Å². The highest BCUT2D eigenvalue weighted by Gasteiger charge is 2.32. The SMILES string of the molecule is CCC1(CC)CCN(C(=O)CCCl)CC1. The summed E-state index contributed by atoms with van der Waals surface area (Å²) in [6, 6.07) is 0. The van der Waals surface area contributed by atoms with Gasteiger partial charge in [-0.15, -0.1) is 11.6 Å². The van der Waals surface area contributed by atoms with Crippen LogP contribution in [0.25, 0.3) is 0 Å². The molecule has 0 aromatic heterocycles. The summed E-state index contributed by atoms with van der Waals surface area (Å²) in [5.74, 6) is 0.674. The van der Waals surface area contributed by atoms with Crippen molar-refractivity contribution in [3.05, 3.63) is 0 Å². The number of rotatable bonds is 4. The predicted octanol–water partition coefficient (Wildman–Crippen LogP) is 3.04. The van der Waals surface area contributed by atoms with Gasteiger partial charge in [-0.2, -0.15) is 0 Å². The van der Waals surface area contributed by atoms with Gasteiger partial charge >= 0.3 is 0 Å². The molecule has 0 aromatic carbocycles. The van der Waals surface area contributed by atoms with Crippen LogP contribution in [0.1, 0.15) is 46.0 Å². The third-order valence-corrected chi connectivity index (χ3v) is 4.17. The van der Waals surface area contributed by atoms with Crippen molar-refractivity contribution in [2.75, 3.05) is 19.0 Å². The molecule has 88 valence electrons. The Morgan fingerprint density at radius 1 is 1.27 bits per heavy atom. The summed E-state index contributed by atoms with van der Waals surface area (Å²) >= 11 is 5.58. The fraction of sp³-hybridized carbons (Fsp3) is 0.917. The first-order chi connectivity index (χ1) is 7.17. The highest BCUT2D eigenvalue weighted by Crippen LogP contribution is 2.37. The maximum Gasteiger partial charge on any atom is 0.223 e. The van der Waals surface area contributed by atoms with E-state index in [2.05, 4.69) is 13.8 Å². The average Bonchev–Trinajstić information content (AvgIpc) is 2.29. The van der Waals surface area contributed by atoms with Gasteiger partial charge in [0.15, 0.2) is 0 Å². The average molecular weight is 232 g/mol. The van der Waals surface area contributed by atoms with Crippen LogP contribution >= 0.6 is 11.6 Å². The smallest absolute Gasteiger partial charge is 0.223 e. The summed E-state index contributed by atoms with van der Waals surface area (Å²) < 4.78 is 0. The van der Waals surface area contributed by atoms with E-state index >= 15 is 0 Å². The minimum atomic E-state index is 0.228. The highest BCUT2D eigenvalue weighted by atomic mass is 35.5. The normalized spacial score (nSPS) is 20.3. The van der Waals surface area contributed by atoms with Crippen LogP contribution in [0.3, 0.4) is 0 Å². The van der Waals surface area contributed by atoms with E-state index in [1.165, 1.54) is 12.8 Å². The number of amides is 1. The van der Waals surface area contributed by atoms with Crippen molar-refractivity contribution < 1.29 is 4.79 Å². The van der Waals surface area contributed by atoms with Gasteiger partial charge in [-0.3, -0.25) is 4.79 Å². The summed E-state index contributed by atoms with van der Waals surface area (Å²) in [6.45, 7) is 6.38. The fourth-order valence-electron chi connectivity index (χ4n) is 2.43. The molecule has 0 unspecified atom stereocenters. The first kappa shape index (κ1) is 12.8. The van der Waals surface area contributed by atoms with E-state index in [1.54, 1.807) is 0 Å². The van der Waals surface area contributed by atoms with Gasteiger partial charge in [0, 0.05) is 25.4 Å². The molecule has 0 aromatic rings. The molecule has 1 heterocycles. The summed E-state index contributed by atoms with van der Waals surface area (Å²) in [7, 11) is 0. The van der Waals surface area contributed by atoms with E-state index in [1.807, 2.05) is 4.90 Å². The molecule has 0 radical (unpaired) electrons. The number of carbonyl (C=O) groups is 1. The molecular weight excluding hydrogens is 210 g/mol. The van der Waals surface area contributed by atoms with Crippen LogP contribution in [0.2, 0.25) is 0 Å². The molecule has 1 aliphatic heterocycles. The van der Waals surface area contributed by atoms with Crippen molar-refractivity contribution in [2.45, 2.75) is 46.0 Å². The minimum absolute atomic E-state index is 0.228. The molecule has 3 heteroatoms. The van der Waals surface area contributed by atoms with Crippen molar-refractivity contribution in [1.29, 1.82) is 0 Å². The monoisotopic (exact) mass is 231 g/mol. The molecular formula is C12H22ClNO. The van der Waals surface area contributed by atoms with E-state index in [9.17, 15) is 4.79 Å². The van der Waals surface area contributed by atoms with Crippen LogP contribution in [0.5, 0.6) is 0 Å². The van der Waals surface area contributed by atoms with E-state index in [0.29, 0.717) is 17.7 Å². The molecule has 0 saturated carbocycles. The third kappa shape index (κ3) is 3.10. The summed E-state index contributed by atoms with van der Waals surface area (Å²) in [5.41, 5.74) is 0.498.